The lowest BCUT2D eigenvalue weighted by Gasteiger charge is -2.62. The Morgan fingerprint density at radius 1 is 1.12 bits per heavy atom. The van der Waals surface area contributed by atoms with E-state index in [-0.39, 0.29) is 24.6 Å². The van der Waals surface area contributed by atoms with E-state index < -0.39 is 29.1 Å². The van der Waals surface area contributed by atoms with Crippen LogP contribution in [0.15, 0.2) is 35.7 Å². The molecular weight excluding hydrogens is 665 g/mol. The van der Waals surface area contributed by atoms with Crippen molar-refractivity contribution in [2.75, 3.05) is 27.2 Å². The van der Waals surface area contributed by atoms with Gasteiger partial charge in [-0.2, -0.15) is 5.06 Å². The number of likely N-dealkylation sites (N-methyl/N-ethyl adjacent to an activating group) is 1. The van der Waals surface area contributed by atoms with E-state index in [1.807, 2.05) is 17.5 Å². The van der Waals surface area contributed by atoms with Crippen molar-refractivity contribution in [3.05, 3.63) is 57.3 Å². The molecule has 11 heteroatoms. The summed E-state index contributed by atoms with van der Waals surface area (Å²) in [6.07, 6.45) is 2.85. The molecule has 1 spiro atoms. The zero-order chi connectivity index (χ0) is 37.0. The van der Waals surface area contributed by atoms with Gasteiger partial charge in [0.05, 0.1) is 29.7 Å². The van der Waals surface area contributed by atoms with Crippen LogP contribution in [-0.2, 0) is 29.3 Å². The first-order chi connectivity index (χ1) is 24.0. The smallest absolute Gasteiger partial charge is 0.336 e. The highest BCUT2D eigenvalue weighted by Gasteiger charge is 2.78. The number of hydroxylamine groups is 2. The molecule has 1 saturated heterocycles. The number of nitrogens with one attached hydrogen (secondary N) is 1. The number of thiophene rings is 1. The van der Waals surface area contributed by atoms with Gasteiger partial charge in [0.25, 0.3) is 0 Å². The molecular formula is C40H60N4O6S. The number of amides is 1. The monoisotopic (exact) mass is 724 g/mol. The Morgan fingerprint density at radius 3 is 2.41 bits per heavy atom. The third kappa shape index (κ3) is 7.29. The van der Waals surface area contributed by atoms with E-state index in [1.165, 1.54) is 17.8 Å². The van der Waals surface area contributed by atoms with Crippen molar-refractivity contribution < 1.29 is 29.7 Å². The van der Waals surface area contributed by atoms with Crippen LogP contribution in [0.25, 0.3) is 0 Å². The number of aliphatic hydroxyl groups excluding tert-OH is 1. The average Bonchev–Trinajstić information content (AvgIpc) is 3.32. The Morgan fingerprint density at radius 2 is 1.82 bits per heavy atom. The minimum atomic E-state index is -1.13. The molecule has 10 nitrogen and oxygen atoms in total. The quantitative estimate of drug-likeness (QED) is 0.196. The van der Waals surface area contributed by atoms with Crippen LogP contribution < -0.4 is 5.32 Å². The number of fused-ring (bicyclic) bond motifs is 2. The summed E-state index contributed by atoms with van der Waals surface area (Å²) in [5.41, 5.74) is 0.683. The molecule has 5 aliphatic rings. The number of aromatic carboxylic acids is 1. The number of carboxylic acids is 1. The zero-order valence-electron chi connectivity index (χ0n) is 31.8. The summed E-state index contributed by atoms with van der Waals surface area (Å²) in [7, 11) is 4.15. The summed E-state index contributed by atoms with van der Waals surface area (Å²) < 4.78 is 0. The first-order valence-corrected chi connectivity index (χ1v) is 19.7. The maximum Gasteiger partial charge on any atom is 0.336 e. The number of carbonyl (C=O) groups excluding carboxylic acids is 1. The van der Waals surface area contributed by atoms with Gasteiger partial charge in [-0.05, 0) is 98.4 Å². The fraction of sp³-hybridized carbons (Fsp3) is 0.700. The molecule has 1 aromatic heterocycles. The highest BCUT2D eigenvalue weighted by Crippen LogP contribution is 2.66. The van der Waals surface area contributed by atoms with Gasteiger partial charge in [0.1, 0.15) is 12.1 Å². The second-order valence-corrected chi connectivity index (χ2v) is 18.6. The van der Waals surface area contributed by atoms with Crippen LogP contribution in [0.1, 0.15) is 93.6 Å². The molecule has 282 valence electrons. The number of carbonyl (C=O) groups is 2. The summed E-state index contributed by atoms with van der Waals surface area (Å²) in [4.78, 5) is 38.2. The number of hydrogen-bond acceptors (Lipinski definition) is 9. The van der Waals surface area contributed by atoms with Gasteiger partial charge in [0.2, 0.25) is 5.91 Å². The molecule has 51 heavy (non-hydrogen) atoms. The topological polar surface area (TPSA) is 126 Å². The standard InChI is InChI=1S/C40H60N4O6S/c1-24(2)14-29(20-42(7)8)43(21-33-30(37(47)48)12-13-51-33)18-26-10-9-11-27(15-26)19-44-35(40(23-39(40,6)49)34(22-45)50-44)36(46)41-32-17-28-16-31(25(32)3)38(28,4)5/h9-13,15,24-25,28-29,31-32,34-35,45,49H,14,16-23H2,1-8H3,(H,41,46)(H,47,48)/t25-,28+,29-,31-,32-,34-,35+,39?,40+/m0/s1. The van der Waals surface area contributed by atoms with Crippen molar-refractivity contribution in [1.82, 2.24) is 20.2 Å². The Hall–Kier alpha value is -2.38. The van der Waals surface area contributed by atoms with Crippen molar-refractivity contribution in [3.63, 3.8) is 0 Å². The lowest BCUT2D eigenvalue weighted by atomic mass is 9.45. The number of carboxylic acid groups (broad SMARTS) is 1. The van der Waals surface area contributed by atoms with Crippen LogP contribution >= 0.6 is 11.3 Å². The molecule has 2 heterocycles. The highest BCUT2D eigenvalue weighted by molar-refractivity contribution is 7.10. The third-order valence-corrected chi connectivity index (χ3v) is 14.0. The normalized spacial score (nSPS) is 33.2. The molecule has 5 fully saturated rings. The molecule has 1 amide bonds. The van der Waals surface area contributed by atoms with Crippen molar-refractivity contribution in [3.8, 4) is 0 Å². The van der Waals surface area contributed by atoms with Gasteiger partial charge >= 0.3 is 5.97 Å². The van der Waals surface area contributed by atoms with Gasteiger partial charge in [0, 0.05) is 36.6 Å². The van der Waals surface area contributed by atoms with Gasteiger partial charge in [0.15, 0.2) is 0 Å². The van der Waals surface area contributed by atoms with Gasteiger partial charge < -0.3 is 25.5 Å². The second-order valence-electron chi connectivity index (χ2n) is 17.6. The van der Waals surface area contributed by atoms with E-state index in [9.17, 15) is 24.9 Å². The summed E-state index contributed by atoms with van der Waals surface area (Å²) >= 11 is 1.48. The molecule has 2 bridgehead atoms. The maximum absolute atomic E-state index is 14.4. The molecule has 1 aromatic carbocycles. The number of nitrogens with zero attached hydrogens (tertiary/aromatic N) is 3. The third-order valence-electron chi connectivity index (χ3n) is 13.1. The Balaban J connectivity index is 1.24. The largest absolute Gasteiger partial charge is 0.478 e. The minimum Gasteiger partial charge on any atom is -0.478 e. The van der Waals surface area contributed by atoms with Crippen LogP contribution in [0.2, 0.25) is 0 Å². The average molecular weight is 725 g/mol. The van der Waals surface area contributed by atoms with Gasteiger partial charge in [-0.15, -0.1) is 11.3 Å². The number of hydrogen-bond donors (Lipinski definition) is 4. The summed E-state index contributed by atoms with van der Waals surface area (Å²) in [5.74, 6) is 0.961. The Kier molecular flexibility index (Phi) is 10.9. The van der Waals surface area contributed by atoms with E-state index >= 15 is 0 Å². The van der Waals surface area contributed by atoms with E-state index in [0.29, 0.717) is 60.7 Å². The van der Waals surface area contributed by atoms with Crippen LogP contribution in [-0.4, -0.2) is 99.1 Å². The van der Waals surface area contributed by atoms with Gasteiger partial charge in [-0.25, -0.2) is 4.79 Å². The van der Waals surface area contributed by atoms with E-state index in [2.05, 4.69) is 76.0 Å². The predicted octanol–water partition coefficient (Wildman–Crippen LogP) is 5.23. The van der Waals surface area contributed by atoms with Gasteiger partial charge in [-0.3, -0.25) is 14.5 Å². The first kappa shape index (κ1) is 38.3. The fourth-order valence-electron chi connectivity index (χ4n) is 10.1. The molecule has 4 N–H and O–H groups in total. The van der Waals surface area contributed by atoms with Crippen molar-refractivity contribution in [2.24, 2.45) is 34.5 Å². The molecule has 1 aliphatic heterocycles. The lowest BCUT2D eigenvalue weighted by Crippen LogP contribution is -2.62. The number of benzene rings is 1. The van der Waals surface area contributed by atoms with E-state index in [1.54, 1.807) is 18.1 Å². The molecule has 4 saturated carbocycles. The summed E-state index contributed by atoms with van der Waals surface area (Å²) in [6, 6.07) is 9.51. The van der Waals surface area contributed by atoms with Crippen molar-refractivity contribution in [1.29, 1.82) is 0 Å². The van der Waals surface area contributed by atoms with Crippen LogP contribution in [0, 0.1) is 34.5 Å². The molecule has 4 aliphatic carbocycles. The molecule has 9 atom stereocenters. The molecule has 7 rings (SSSR count). The number of rotatable bonds is 15. The van der Waals surface area contributed by atoms with Gasteiger partial charge in [-0.1, -0.05) is 58.9 Å². The molecule has 2 aromatic rings. The molecule has 0 radical (unpaired) electrons. The highest BCUT2D eigenvalue weighted by atomic mass is 32.1. The fourth-order valence-corrected chi connectivity index (χ4v) is 11.0. The van der Waals surface area contributed by atoms with Crippen LogP contribution in [0.5, 0.6) is 0 Å². The lowest BCUT2D eigenvalue weighted by molar-refractivity contribution is -0.183. The summed E-state index contributed by atoms with van der Waals surface area (Å²) in [5, 5.41) is 38.7. The predicted molar refractivity (Wildman–Crippen MR) is 199 cm³/mol. The first-order valence-electron chi connectivity index (χ1n) is 18.8. The Bertz CT molecular complexity index is 1570. The van der Waals surface area contributed by atoms with E-state index in [0.717, 1.165) is 35.4 Å². The zero-order valence-corrected chi connectivity index (χ0v) is 32.6. The van der Waals surface area contributed by atoms with Crippen LogP contribution in [0.4, 0.5) is 0 Å². The van der Waals surface area contributed by atoms with Crippen molar-refractivity contribution in [2.45, 2.75) is 117 Å². The summed E-state index contributed by atoms with van der Waals surface area (Å²) in [6.45, 7) is 15.2. The SMILES string of the molecule is CC(C)C[C@@H](CN(C)C)N(Cc1cccc(CN2O[C@@H](CO)[C@]3(CC3(C)O)[C@H]2C(=O)N[C@H]2C[C@H]3C[C@@H]([C@@H]2C)C3(C)C)c1)Cc1sccc1C(=O)O. The van der Waals surface area contributed by atoms with E-state index in [4.69, 9.17) is 4.84 Å². The molecule has 1 unspecified atom stereocenters. The van der Waals surface area contributed by atoms with Crippen LogP contribution in [0.3, 0.4) is 0 Å². The Labute approximate surface area is 308 Å². The van der Waals surface area contributed by atoms with Crippen molar-refractivity contribution >= 4 is 23.2 Å². The maximum atomic E-state index is 14.4. The second kappa shape index (κ2) is 14.5. The minimum absolute atomic E-state index is 0.0744. The number of aliphatic hydroxyl groups is 2.